The molecule has 0 aromatic carbocycles. The first-order valence-corrected chi connectivity index (χ1v) is 5.63. The number of nitrogens with two attached hydrogens (primary N) is 1. The predicted molar refractivity (Wildman–Crippen MR) is 61.5 cm³/mol. The zero-order chi connectivity index (χ0) is 10.8. The van der Waals surface area contributed by atoms with Crippen LogP contribution in [0.3, 0.4) is 0 Å². The van der Waals surface area contributed by atoms with Crippen LogP contribution in [0.2, 0.25) is 0 Å². The van der Waals surface area contributed by atoms with E-state index in [9.17, 15) is 0 Å². The quantitative estimate of drug-likeness (QED) is 0.826. The molecule has 2 N–H and O–H groups in total. The van der Waals surface area contributed by atoms with Crippen molar-refractivity contribution >= 4 is 11.3 Å². The van der Waals surface area contributed by atoms with Crippen LogP contribution in [0, 0.1) is 6.92 Å². The van der Waals surface area contributed by atoms with E-state index in [4.69, 9.17) is 5.73 Å². The van der Waals surface area contributed by atoms with Crippen LogP contribution >= 0.6 is 11.3 Å². The highest BCUT2D eigenvalue weighted by Crippen LogP contribution is 2.10. The third kappa shape index (κ3) is 4.17. The van der Waals surface area contributed by atoms with E-state index in [0.29, 0.717) is 0 Å². The van der Waals surface area contributed by atoms with Crippen molar-refractivity contribution in [1.82, 2.24) is 9.88 Å². The Labute approximate surface area is 89.9 Å². The molecule has 0 unspecified atom stereocenters. The number of thiazole rings is 1. The molecule has 0 bridgehead atoms. The van der Waals surface area contributed by atoms with E-state index in [0.717, 1.165) is 23.8 Å². The molecule has 0 fully saturated rings. The Morgan fingerprint density at radius 3 is 2.64 bits per heavy atom. The van der Waals surface area contributed by atoms with Gasteiger partial charge in [0.2, 0.25) is 0 Å². The van der Waals surface area contributed by atoms with E-state index in [1.807, 2.05) is 20.8 Å². The summed E-state index contributed by atoms with van der Waals surface area (Å²) in [7, 11) is 2.07. The fourth-order valence-electron chi connectivity index (χ4n) is 1.51. The molecule has 3 nitrogen and oxygen atoms in total. The fourth-order valence-corrected chi connectivity index (χ4v) is 2.11. The number of aryl methyl sites for hydroxylation is 1. The normalized spacial score (nSPS) is 12.4. The van der Waals surface area contributed by atoms with Gasteiger partial charge in [-0.05, 0) is 27.8 Å². The molecule has 0 aliphatic heterocycles. The van der Waals surface area contributed by atoms with Crippen LogP contribution in [0.4, 0.5) is 0 Å². The third-order valence-electron chi connectivity index (χ3n) is 1.78. The average molecular weight is 213 g/mol. The second-order valence-electron chi connectivity index (χ2n) is 4.52. The Hall–Kier alpha value is -0.450. The van der Waals surface area contributed by atoms with Gasteiger partial charge in [-0.2, -0.15) is 0 Å². The van der Waals surface area contributed by atoms with Crippen molar-refractivity contribution in [1.29, 1.82) is 0 Å². The molecule has 4 heteroatoms. The van der Waals surface area contributed by atoms with Crippen LogP contribution in [0.1, 0.15) is 24.5 Å². The minimum atomic E-state index is -0.139. The minimum Gasteiger partial charge on any atom is -0.324 e. The Morgan fingerprint density at radius 1 is 1.57 bits per heavy atom. The number of rotatable bonds is 4. The number of nitrogens with zero attached hydrogens (tertiary/aromatic N) is 2. The molecular formula is C10H19N3S. The summed E-state index contributed by atoms with van der Waals surface area (Å²) in [5, 5.41) is 3.23. The molecule has 14 heavy (non-hydrogen) atoms. The van der Waals surface area contributed by atoms with E-state index in [1.165, 1.54) is 0 Å². The van der Waals surface area contributed by atoms with Crippen molar-refractivity contribution in [3.63, 3.8) is 0 Å². The van der Waals surface area contributed by atoms with Crippen LogP contribution in [-0.2, 0) is 6.54 Å². The van der Waals surface area contributed by atoms with E-state index in [1.54, 1.807) is 11.3 Å². The van der Waals surface area contributed by atoms with Gasteiger partial charge in [0.1, 0.15) is 0 Å². The second kappa shape index (κ2) is 4.38. The van der Waals surface area contributed by atoms with Gasteiger partial charge in [-0.1, -0.05) is 0 Å². The Kier molecular flexibility index (Phi) is 3.64. The molecule has 1 rings (SSSR count). The Balaban J connectivity index is 2.45. The number of hydrogen-bond acceptors (Lipinski definition) is 4. The molecule has 0 aliphatic rings. The second-order valence-corrected chi connectivity index (χ2v) is 5.58. The van der Waals surface area contributed by atoms with Crippen LogP contribution in [0.5, 0.6) is 0 Å². The van der Waals surface area contributed by atoms with Gasteiger partial charge in [0.05, 0.1) is 10.7 Å². The molecule has 0 aliphatic carbocycles. The molecule has 0 saturated carbocycles. The first-order valence-electron chi connectivity index (χ1n) is 4.75. The maximum atomic E-state index is 5.94. The van der Waals surface area contributed by atoms with Crippen LogP contribution in [0.15, 0.2) is 5.38 Å². The molecular weight excluding hydrogens is 194 g/mol. The lowest BCUT2D eigenvalue weighted by molar-refractivity contribution is 0.261. The lowest BCUT2D eigenvalue weighted by Crippen LogP contribution is -2.43. The summed E-state index contributed by atoms with van der Waals surface area (Å²) < 4.78 is 0. The van der Waals surface area contributed by atoms with E-state index in [-0.39, 0.29) is 5.54 Å². The Morgan fingerprint density at radius 2 is 2.21 bits per heavy atom. The van der Waals surface area contributed by atoms with Gasteiger partial charge in [0, 0.05) is 24.0 Å². The zero-order valence-corrected chi connectivity index (χ0v) is 10.2. The van der Waals surface area contributed by atoms with Crippen LogP contribution in [-0.4, -0.2) is 29.0 Å². The van der Waals surface area contributed by atoms with E-state index in [2.05, 4.69) is 22.3 Å². The van der Waals surface area contributed by atoms with Gasteiger partial charge >= 0.3 is 0 Å². The SMILES string of the molecule is Cc1nc(CN(C)CC(C)(C)N)cs1. The molecule has 0 spiro atoms. The average Bonchev–Trinajstić information content (AvgIpc) is 2.30. The fraction of sp³-hybridized carbons (Fsp3) is 0.700. The number of aromatic nitrogens is 1. The van der Waals surface area contributed by atoms with Gasteiger partial charge in [-0.25, -0.2) is 4.98 Å². The van der Waals surface area contributed by atoms with Gasteiger partial charge in [-0.15, -0.1) is 11.3 Å². The summed E-state index contributed by atoms with van der Waals surface area (Å²) in [6.07, 6.45) is 0. The highest BCUT2D eigenvalue weighted by Gasteiger charge is 2.14. The zero-order valence-electron chi connectivity index (χ0n) is 9.37. The van der Waals surface area contributed by atoms with E-state index >= 15 is 0 Å². The molecule has 1 heterocycles. The van der Waals surface area contributed by atoms with Crippen LogP contribution < -0.4 is 5.73 Å². The molecule has 0 amide bonds. The molecule has 1 aromatic heterocycles. The van der Waals surface area contributed by atoms with Crippen molar-refractivity contribution in [3.8, 4) is 0 Å². The lowest BCUT2D eigenvalue weighted by Gasteiger charge is -2.25. The first-order chi connectivity index (χ1) is 6.37. The first kappa shape index (κ1) is 11.6. The van der Waals surface area contributed by atoms with Gasteiger partial charge < -0.3 is 5.73 Å². The maximum Gasteiger partial charge on any atom is 0.0897 e. The molecule has 1 aromatic rings. The maximum absolute atomic E-state index is 5.94. The monoisotopic (exact) mass is 213 g/mol. The smallest absolute Gasteiger partial charge is 0.0897 e. The van der Waals surface area contributed by atoms with Crippen LogP contribution in [0.25, 0.3) is 0 Å². The predicted octanol–water partition coefficient (Wildman–Crippen LogP) is 1.62. The van der Waals surface area contributed by atoms with Crippen molar-refractivity contribution in [2.24, 2.45) is 5.73 Å². The largest absolute Gasteiger partial charge is 0.324 e. The molecule has 0 atom stereocenters. The number of likely N-dealkylation sites (N-methyl/N-ethyl adjacent to an activating group) is 1. The highest BCUT2D eigenvalue weighted by molar-refractivity contribution is 7.09. The highest BCUT2D eigenvalue weighted by atomic mass is 32.1. The molecule has 80 valence electrons. The minimum absolute atomic E-state index is 0.139. The molecule has 0 saturated heterocycles. The standard InChI is InChI=1S/C10H19N3S/c1-8-12-9(6-14-8)5-13(4)7-10(2,3)11/h6H,5,7,11H2,1-4H3. The number of hydrogen-bond donors (Lipinski definition) is 1. The van der Waals surface area contributed by atoms with Gasteiger partial charge in [0.25, 0.3) is 0 Å². The summed E-state index contributed by atoms with van der Waals surface area (Å²) in [6, 6.07) is 0. The summed E-state index contributed by atoms with van der Waals surface area (Å²) in [5.74, 6) is 0. The summed E-state index contributed by atoms with van der Waals surface area (Å²) >= 11 is 1.70. The van der Waals surface area contributed by atoms with Crippen molar-refractivity contribution < 1.29 is 0 Å². The molecule has 0 radical (unpaired) electrons. The van der Waals surface area contributed by atoms with Crippen molar-refractivity contribution in [2.45, 2.75) is 32.9 Å². The van der Waals surface area contributed by atoms with Gasteiger partial charge in [-0.3, -0.25) is 4.90 Å². The lowest BCUT2D eigenvalue weighted by atomic mass is 10.1. The van der Waals surface area contributed by atoms with E-state index < -0.39 is 0 Å². The van der Waals surface area contributed by atoms with Crippen molar-refractivity contribution in [3.05, 3.63) is 16.1 Å². The summed E-state index contributed by atoms with van der Waals surface area (Å²) in [4.78, 5) is 6.62. The van der Waals surface area contributed by atoms with Crippen molar-refractivity contribution in [2.75, 3.05) is 13.6 Å². The topological polar surface area (TPSA) is 42.2 Å². The third-order valence-corrected chi connectivity index (χ3v) is 2.60. The summed E-state index contributed by atoms with van der Waals surface area (Å²) in [5.41, 5.74) is 6.93. The summed E-state index contributed by atoms with van der Waals surface area (Å²) in [6.45, 7) is 7.86. The Bertz CT molecular complexity index is 288. The van der Waals surface area contributed by atoms with Gasteiger partial charge in [0.15, 0.2) is 0 Å².